The van der Waals surface area contributed by atoms with Crippen LogP contribution in [-0.2, 0) is 4.79 Å². The zero-order valence-corrected chi connectivity index (χ0v) is 5.91. The van der Waals surface area contributed by atoms with Crippen LogP contribution in [0.25, 0.3) is 0 Å². The van der Waals surface area contributed by atoms with Crippen molar-refractivity contribution in [2.45, 2.75) is 12.5 Å². The van der Waals surface area contributed by atoms with Crippen LogP contribution in [0.5, 0.6) is 0 Å². The lowest BCUT2D eigenvalue weighted by molar-refractivity contribution is -0.121. The fraction of sp³-hybridized carbons (Fsp3) is 0.714. The van der Waals surface area contributed by atoms with Crippen LogP contribution in [-0.4, -0.2) is 29.4 Å². The first-order valence-corrected chi connectivity index (χ1v) is 3.89. The predicted octanol–water partition coefficient (Wildman–Crippen LogP) is -0.444. The van der Waals surface area contributed by atoms with Gasteiger partial charge in [0.1, 0.15) is 6.04 Å². The van der Waals surface area contributed by atoms with Crippen LogP contribution in [0.4, 0.5) is 4.79 Å². The lowest BCUT2D eigenvalue weighted by Crippen LogP contribution is -2.32. The Bertz CT molecular complexity index is 263. The monoisotopic (exact) mass is 152 g/mol. The van der Waals surface area contributed by atoms with Gasteiger partial charge in [-0.1, -0.05) is 0 Å². The van der Waals surface area contributed by atoms with Gasteiger partial charge in [0, 0.05) is 6.54 Å². The van der Waals surface area contributed by atoms with Crippen LogP contribution in [0.15, 0.2) is 0 Å². The summed E-state index contributed by atoms with van der Waals surface area (Å²) in [5.74, 6) is 1.04. The van der Waals surface area contributed by atoms with Gasteiger partial charge in [-0.25, -0.2) is 4.79 Å². The molecule has 0 aromatic rings. The minimum Gasteiger partial charge on any atom is -0.312 e. The molecule has 0 aromatic heterocycles. The Morgan fingerprint density at radius 1 is 1.45 bits per heavy atom. The van der Waals surface area contributed by atoms with Gasteiger partial charge >= 0.3 is 6.03 Å². The Labute approximate surface area is 63.5 Å². The van der Waals surface area contributed by atoms with E-state index in [1.807, 2.05) is 0 Å². The third-order valence-electron chi connectivity index (χ3n) is 2.91. The van der Waals surface area contributed by atoms with Crippen molar-refractivity contribution in [1.29, 1.82) is 0 Å². The maximum atomic E-state index is 11.1. The van der Waals surface area contributed by atoms with Crippen molar-refractivity contribution in [1.82, 2.24) is 10.2 Å². The lowest BCUT2D eigenvalue weighted by Gasteiger charge is -2.13. The van der Waals surface area contributed by atoms with E-state index in [4.69, 9.17) is 0 Å². The smallest absolute Gasteiger partial charge is 0.312 e. The molecule has 3 aliphatic rings. The van der Waals surface area contributed by atoms with Crippen LogP contribution in [0.2, 0.25) is 0 Å². The summed E-state index contributed by atoms with van der Waals surface area (Å²) in [4.78, 5) is 23.8. The van der Waals surface area contributed by atoms with Crippen LogP contribution < -0.4 is 5.32 Å². The normalized spacial score (nSPS) is 45.5. The molecule has 3 amide bonds. The van der Waals surface area contributed by atoms with E-state index in [2.05, 4.69) is 5.32 Å². The van der Waals surface area contributed by atoms with Gasteiger partial charge in [-0.3, -0.25) is 10.1 Å². The van der Waals surface area contributed by atoms with Crippen molar-refractivity contribution >= 4 is 11.9 Å². The average molecular weight is 152 g/mol. The average Bonchev–Trinajstić information content (AvgIpc) is 2.51. The maximum Gasteiger partial charge on any atom is 0.324 e. The molecule has 4 heteroatoms. The highest BCUT2D eigenvalue weighted by Gasteiger charge is 2.60. The largest absolute Gasteiger partial charge is 0.324 e. The highest BCUT2D eigenvalue weighted by atomic mass is 16.2. The molecule has 2 aliphatic heterocycles. The van der Waals surface area contributed by atoms with Gasteiger partial charge in [0.2, 0.25) is 0 Å². The Hall–Kier alpha value is -1.06. The molecule has 3 fully saturated rings. The molecular formula is C7H8N2O2. The number of urea groups is 1. The van der Waals surface area contributed by atoms with E-state index in [0.29, 0.717) is 11.8 Å². The van der Waals surface area contributed by atoms with Crippen LogP contribution in [0.3, 0.4) is 0 Å². The first kappa shape index (κ1) is 5.57. The summed E-state index contributed by atoms with van der Waals surface area (Å²) >= 11 is 0. The van der Waals surface area contributed by atoms with Crippen molar-refractivity contribution in [2.24, 2.45) is 11.8 Å². The van der Waals surface area contributed by atoms with Gasteiger partial charge in [-0.05, 0) is 18.3 Å². The second-order valence-electron chi connectivity index (χ2n) is 3.55. The SMILES string of the molecule is O=C1NC(=O)N2C[C@H]3C[C@H]3[C@H]12. The fourth-order valence-corrected chi connectivity index (χ4v) is 2.26. The van der Waals surface area contributed by atoms with Crippen molar-refractivity contribution in [3.8, 4) is 0 Å². The molecule has 3 rings (SSSR count). The molecule has 2 heterocycles. The molecule has 0 unspecified atom stereocenters. The molecule has 1 saturated carbocycles. The molecule has 1 aliphatic carbocycles. The Kier molecular flexibility index (Phi) is 0.718. The molecule has 0 aromatic carbocycles. The number of fused-ring (bicyclic) bond motifs is 3. The minimum atomic E-state index is -0.188. The van der Waals surface area contributed by atoms with Gasteiger partial charge < -0.3 is 4.90 Å². The third kappa shape index (κ3) is 0.514. The second kappa shape index (κ2) is 1.42. The molecule has 58 valence electrons. The summed E-state index contributed by atoms with van der Waals surface area (Å²) < 4.78 is 0. The molecule has 3 atom stereocenters. The van der Waals surface area contributed by atoms with E-state index in [0.717, 1.165) is 13.0 Å². The standard InChI is InChI=1S/C7H8N2O2/c10-6-5-4-1-3(4)2-9(5)7(11)8-6/h3-5H,1-2H2,(H,8,10,11)/t3-,4-,5-/m1/s1. The Morgan fingerprint density at radius 2 is 2.27 bits per heavy atom. The van der Waals surface area contributed by atoms with E-state index in [-0.39, 0.29) is 18.0 Å². The number of piperidine rings is 1. The molecule has 0 radical (unpaired) electrons. The topological polar surface area (TPSA) is 49.4 Å². The Balaban J connectivity index is 2.00. The first-order chi connectivity index (χ1) is 5.27. The summed E-state index contributed by atoms with van der Waals surface area (Å²) in [7, 11) is 0. The minimum absolute atomic E-state index is 0.0833. The van der Waals surface area contributed by atoms with Gasteiger partial charge in [0.25, 0.3) is 5.91 Å². The fourth-order valence-electron chi connectivity index (χ4n) is 2.26. The van der Waals surface area contributed by atoms with Crippen LogP contribution in [0, 0.1) is 11.8 Å². The number of imide groups is 1. The van der Waals surface area contributed by atoms with Gasteiger partial charge in [0.05, 0.1) is 0 Å². The zero-order valence-electron chi connectivity index (χ0n) is 5.91. The highest BCUT2D eigenvalue weighted by Crippen LogP contribution is 2.50. The van der Waals surface area contributed by atoms with Crippen LogP contribution >= 0.6 is 0 Å². The zero-order chi connectivity index (χ0) is 7.59. The number of carbonyl (C=O) groups is 2. The van der Waals surface area contributed by atoms with E-state index >= 15 is 0 Å². The quantitative estimate of drug-likeness (QED) is 0.478. The predicted molar refractivity (Wildman–Crippen MR) is 35.6 cm³/mol. The number of hydrogen-bond acceptors (Lipinski definition) is 2. The maximum absolute atomic E-state index is 11.1. The number of hydrogen-bond donors (Lipinski definition) is 1. The number of nitrogens with one attached hydrogen (secondary N) is 1. The molecule has 0 spiro atoms. The molecule has 1 N–H and O–H groups in total. The molecule has 0 bridgehead atoms. The number of rotatable bonds is 0. The van der Waals surface area contributed by atoms with E-state index < -0.39 is 0 Å². The van der Waals surface area contributed by atoms with Crippen molar-refractivity contribution in [3.05, 3.63) is 0 Å². The van der Waals surface area contributed by atoms with Gasteiger partial charge in [-0.15, -0.1) is 0 Å². The first-order valence-electron chi connectivity index (χ1n) is 3.89. The van der Waals surface area contributed by atoms with Gasteiger partial charge in [-0.2, -0.15) is 0 Å². The van der Waals surface area contributed by atoms with E-state index in [1.54, 1.807) is 4.90 Å². The number of nitrogens with zero attached hydrogens (tertiary/aromatic N) is 1. The number of amides is 3. The summed E-state index contributed by atoms with van der Waals surface area (Å²) in [5, 5.41) is 2.32. The van der Waals surface area contributed by atoms with Crippen molar-refractivity contribution in [2.75, 3.05) is 6.54 Å². The van der Waals surface area contributed by atoms with E-state index in [1.165, 1.54) is 0 Å². The summed E-state index contributed by atoms with van der Waals surface area (Å²) in [5.41, 5.74) is 0. The lowest BCUT2D eigenvalue weighted by atomic mass is 10.2. The molecule has 11 heavy (non-hydrogen) atoms. The highest BCUT2D eigenvalue weighted by molar-refractivity contribution is 6.05. The van der Waals surface area contributed by atoms with Crippen molar-refractivity contribution in [3.63, 3.8) is 0 Å². The molecule has 2 saturated heterocycles. The summed E-state index contributed by atoms with van der Waals surface area (Å²) in [6.45, 7) is 0.799. The van der Waals surface area contributed by atoms with E-state index in [9.17, 15) is 9.59 Å². The number of carbonyl (C=O) groups excluding carboxylic acids is 2. The molecular weight excluding hydrogens is 144 g/mol. The molecule has 4 nitrogen and oxygen atoms in total. The van der Waals surface area contributed by atoms with Crippen LogP contribution in [0.1, 0.15) is 6.42 Å². The summed E-state index contributed by atoms with van der Waals surface area (Å²) in [6.07, 6.45) is 1.14. The van der Waals surface area contributed by atoms with Crippen molar-refractivity contribution < 1.29 is 9.59 Å². The second-order valence-corrected chi connectivity index (χ2v) is 3.55. The third-order valence-corrected chi connectivity index (χ3v) is 2.91. The Morgan fingerprint density at radius 3 is 3.00 bits per heavy atom. The van der Waals surface area contributed by atoms with Gasteiger partial charge in [0.15, 0.2) is 0 Å². The summed E-state index contributed by atoms with van der Waals surface area (Å²) in [6, 6.07) is -0.292.